The molecule has 4 aliphatic rings. The first-order valence-electron chi connectivity index (χ1n) is 11.7. The normalized spacial score (nSPS) is 21.4. The smallest absolute Gasteiger partial charge is 0.147 e. The fourth-order valence-corrected chi connectivity index (χ4v) is 6.48. The van der Waals surface area contributed by atoms with Gasteiger partial charge in [0.15, 0.2) is 0 Å². The van der Waals surface area contributed by atoms with Crippen LogP contribution in [0.3, 0.4) is 0 Å². The van der Waals surface area contributed by atoms with E-state index in [1.165, 1.54) is 38.5 Å². The number of benzene rings is 1. The zero-order valence-corrected chi connectivity index (χ0v) is 20.1. The van der Waals surface area contributed by atoms with Gasteiger partial charge >= 0.3 is 0 Å². The van der Waals surface area contributed by atoms with Gasteiger partial charge in [0, 0.05) is 36.3 Å². The first-order chi connectivity index (χ1) is 16.2. The summed E-state index contributed by atoms with van der Waals surface area (Å²) in [6, 6.07) is 6.05. The second-order valence-corrected chi connectivity index (χ2v) is 10.7. The highest BCUT2D eigenvalue weighted by molar-refractivity contribution is 7.99. The molecule has 8 heteroatoms. The third-order valence-electron chi connectivity index (χ3n) is 7.29. The van der Waals surface area contributed by atoms with E-state index in [0.717, 1.165) is 52.5 Å². The summed E-state index contributed by atoms with van der Waals surface area (Å²) in [5.41, 5.74) is 5.62. The number of allylic oxidation sites excluding steroid dienone is 1. The van der Waals surface area contributed by atoms with Gasteiger partial charge in [-0.3, -0.25) is 5.01 Å². The first-order valence-corrected chi connectivity index (χ1v) is 12.9. The van der Waals surface area contributed by atoms with Crippen LogP contribution < -0.4 is 10.3 Å². The van der Waals surface area contributed by atoms with Crippen molar-refractivity contribution >= 4 is 34.9 Å². The molecule has 1 saturated carbocycles. The van der Waals surface area contributed by atoms with Crippen molar-refractivity contribution in [3.63, 3.8) is 0 Å². The molecular weight excluding hydrogens is 452 g/mol. The van der Waals surface area contributed by atoms with Crippen molar-refractivity contribution in [2.75, 3.05) is 24.5 Å². The third kappa shape index (κ3) is 4.18. The van der Waals surface area contributed by atoms with Crippen molar-refractivity contribution in [3.05, 3.63) is 65.4 Å². The van der Waals surface area contributed by atoms with Crippen LogP contribution in [-0.4, -0.2) is 40.3 Å². The van der Waals surface area contributed by atoms with Gasteiger partial charge in [0.25, 0.3) is 0 Å². The Morgan fingerprint density at radius 2 is 1.88 bits per heavy atom. The van der Waals surface area contributed by atoms with Gasteiger partial charge in [-0.05, 0) is 49.3 Å². The van der Waals surface area contributed by atoms with Gasteiger partial charge in [-0.15, -0.1) is 0 Å². The predicted octanol–water partition coefficient (Wildman–Crippen LogP) is 5.42. The minimum Gasteiger partial charge on any atom is -0.355 e. The molecule has 33 heavy (non-hydrogen) atoms. The number of fused-ring (bicyclic) bond motifs is 1. The van der Waals surface area contributed by atoms with Crippen LogP contribution in [0.2, 0.25) is 5.02 Å². The molecule has 4 heterocycles. The Balaban J connectivity index is 1.15. The lowest BCUT2D eigenvalue weighted by Crippen LogP contribution is -2.39. The lowest BCUT2D eigenvalue weighted by atomic mass is 9.77. The predicted molar refractivity (Wildman–Crippen MR) is 134 cm³/mol. The number of aromatic nitrogens is 2. The summed E-state index contributed by atoms with van der Waals surface area (Å²) in [5.74, 6) is 1.89. The maximum absolute atomic E-state index is 6.81. The van der Waals surface area contributed by atoms with Crippen molar-refractivity contribution in [2.24, 2.45) is 10.4 Å². The highest BCUT2D eigenvalue weighted by Crippen LogP contribution is 2.46. The number of aliphatic imine (C=N–C) groups is 1. The Hall–Kier alpha value is -2.35. The number of nitrogens with one attached hydrogen (secondary N) is 1. The summed E-state index contributed by atoms with van der Waals surface area (Å²) in [6.07, 6.45) is 18.0. The van der Waals surface area contributed by atoms with E-state index in [1.807, 2.05) is 47.9 Å². The minimum absolute atomic E-state index is 0.613. The molecule has 1 spiro atoms. The molecule has 0 unspecified atom stereocenters. The maximum atomic E-state index is 6.81. The summed E-state index contributed by atoms with van der Waals surface area (Å²) in [4.78, 5) is 17.5. The average molecular weight is 479 g/mol. The second kappa shape index (κ2) is 8.78. The monoisotopic (exact) mass is 478 g/mol. The highest BCUT2D eigenvalue weighted by atomic mass is 35.5. The quantitative estimate of drug-likeness (QED) is 0.633. The molecule has 6 nitrogen and oxygen atoms in total. The molecule has 1 aromatic heterocycles. The number of hydrazine groups is 1. The van der Waals surface area contributed by atoms with Crippen LogP contribution in [0.4, 0.5) is 5.82 Å². The van der Waals surface area contributed by atoms with E-state index < -0.39 is 0 Å². The summed E-state index contributed by atoms with van der Waals surface area (Å²) in [5, 5.41) is 3.45. The molecule has 2 aromatic rings. The molecule has 2 fully saturated rings. The lowest BCUT2D eigenvalue weighted by Gasteiger charge is -2.39. The highest BCUT2D eigenvalue weighted by Gasteiger charge is 2.37. The van der Waals surface area contributed by atoms with Crippen LogP contribution in [0.5, 0.6) is 0 Å². The second-order valence-electron chi connectivity index (χ2n) is 9.23. The number of hydrogen-bond acceptors (Lipinski definition) is 7. The van der Waals surface area contributed by atoms with E-state index in [9.17, 15) is 0 Å². The van der Waals surface area contributed by atoms with Crippen molar-refractivity contribution in [3.8, 4) is 0 Å². The Bertz CT molecular complexity index is 1130. The van der Waals surface area contributed by atoms with Crippen LogP contribution in [0.15, 0.2) is 69.7 Å². The standard InChI is InChI=1S/C25H27ClN6S/c26-24-18(19-7-13-32-21(30-19)6-12-29-32)4-3-5-20(24)33-23-17-27-22(16-28-23)31-14-10-25(11-15-31)8-1-2-9-25/h3-7,13,16-17,29H,1-2,8-12,14-15H2. The zero-order valence-electron chi connectivity index (χ0n) is 18.5. The van der Waals surface area contributed by atoms with E-state index in [0.29, 0.717) is 10.4 Å². The minimum atomic E-state index is 0.613. The summed E-state index contributed by atoms with van der Waals surface area (Å²) in [6.45, 7) is 2.97. The molecule has 1 N–H and O–H groups in total. The number of rotatable bonds is 4. The molecular formula is C25H27ClN6S. The van der Waals surface area contributed by atoms with Crippen molar-refractivity contribution < 1.29 is 0 Å². The fourth-order valence-electron chi connectivity index (χ4n) is 5.36. The van der Waals surface area contributed by atoms with Crippen molar-refractivity contribution in [1.82, 2.24) is 20.4 Å². The number of hydrogen-bond donors (Lipinski definition) is 1. The summed E-state index contributed by atoms with van der Waals surface area (Å²) >= 11 is 8.35. The van der Waals surface area contributed by atoms with Crippen LogP contribution in [-0.2, 0) is 0 Å². The molecule has 1 aliphatic carbocycles. The van der Waals surface area contributed by atoms with Gasteiger partial charge in [0.1, 0.15) is 16.7 Å². The van der Waals surface area contributed by atoms with Crippen molar-refractivity contribution in [1.29, 1.82) is 0 Å². The first kappa shape index (κ1) is 21.2. The Kier molecular flexibility index (Phi) is 5.64. The molecule has 1 saturated heterocycles. The van der Waals surface area contributed by atoms with Gasteiger partial charge < -0.3 is 4.90 Å². The fraction of sp³-hybridized carbons (Fsp3) is 0.400. The van der Waals surface area contributed by atoms with Gasteiger partial charge in [0.2, 0.25) is 0 Å². The summed E-state index contributed by atoms with van der Waals surface area (Å²) < 4.78 is 0. The topological polar surface area (TPSA) is 56.7 Å². The van der Waals surface area contributed by atoms with E-state index in [-0.39, 0.29) is 0 Å². The van der Waals surface area contributed by atoms with E-state index in [1.54, 1.807) is 11.8 Å². The average Bonchev–Trinajstić information content (AvgIpc) is 3.51. The Morgan fingerprint density at radius 1 is 1.03 bits per heavy atom. The molecule has 0 amide bonds. The van der Waals surface area contributed by atoms with E-state index in [2.05, 4.69) is 16.4 Å². The van der Waals surface area contributed by atoms with E-state index in [4.69, 9.17) is 26.6 Å². The van der Waals surface area contributed by atoms with Gasteiger partial charge in [-0.2, -0.15) is 0 Å². The molecule has 1 aromatic carbocycles. The van der Waals surface area contributed by atoms with Crippen LogP contribution in [0, 0.1) is 5.41 Å². The summed E-state index contributed by atoms with van der Waals surface area (Å²) in [7, 11) is 0. The van der Waals surface area contributed by atoms with Crippen LogP contribution in [0.25, 0.3) is 0 Å². The molecule has 6 rings (SSSR count). The Morgan fingerprint density at radius 3 is 2.67 bits per heavy atom. The molecule has 0 atom stereocenters. The SMILES string of the molecule is Clc1c(Sc2cnc(N3CCC4(CCCC4)CC3)cn2)cccc1C1=NC2=CCNN2C=C1. The number of piperidine rings is 1. The van der Waals surface area contributed by atoms with Gasteiger partial charge in [0.05, 0.1) is 23.1 Å². The third-order valence-corrected chi connectivity index (χ3v) is 8.79. The largest absolute Gasteiger partial charge is 0.355 e. The number of halogens is 1. The van der Waals surface area contributed by atoms with E-state index >= 15 is 0 Å². The molecule has 3 aliphatic heterocycles. The molecule has 170 valence electrons. The van der Waals surface area contributed by atoms with Gasteiger partial charge in [-0.25, -0.2) is 20.4 Å². The molecule has 0 bridgehead atoms. The van der Waals surface area contributed by atoms with Crippen molar-refractivity contribution in [2.45, 2.75) is 48.4 Å². The Labute approximate surface area is 203 Å². The molecule has 0 radical (unpaired) electrons. The lowest BCUT2D eigenvalue weighted by molar-refractivity contribution is 0.226. The van der Waals surface area contributed by atoms with Crippen LogP contribution >= 0.6 is 23.4 Å². The maximum Gasteiger partial charge on any atom is 0.147 e. The van der Waals surface area contributed by atoms with Gasteiger partial charge in [-0.1, -0.05) is 48.3 Å². The number of anilines is 1. The van der Waals surface area contributed by atoms with Crippen LogP contribution in [0.1, 0.15) is 44.1 Å². The zero-order chi connectivity index (χ0) is 22.3. The number of nitrogens with zero attached hydrogens (tertiary/aromatic N) is 5.